The molecule has 2 aromatic heterocycles. The molecule has 0 bridgehead atoms. The molecule has 7 heteroatoms. The minimum atomic E-state index is -0.435. The number of aliphatic hydroxyl groups is 2. The average molecular weight is 321 g/mol. The number of fused-ring (bicyclic) bond motifs is 1. The van der Waals surface area contributed by atoms with Gasteiger partial charge in [0.2, 0.25) is 0 Å². The summed E-state index contributed by atoms with van der Waals surface area (Å²) >= 11 is 0. The Hall–Kier alpha value is -1.93. The van der Waals surface area contributed by atoms with E-state index in [1.165, 1.54) is 7.11 Å². The molecule has 2 aromatic rings. The lowest BCUT2D eigenvalue weighted by atomic mass is 10.1. The topological polar surface area (TPSA) is 123 Å². The van der Waals surface area contributed by atoms with Crippen molar-refractivity contribution < 1.29 is 19.7 Å². The SMILES string of the molecule is COC(=O)c1cc(CC(N)CO)n2c(CC(N)CO)cccc12. The summed E-state index contributed by atoms with van der Waals surface area (Å²) in [5.41, 5.74) is 14.5. The average Bonchev–Trinajstić information content (AvgIpc) is 2.93. The van der Waals surface area contributed by atoms with Crippen molar-refractivity contribution in [3.05, 3.63) is 41.2 Å². The quantitative estimate of drug-likeness (QED) is 0.507. The van der Waals surface area contributed by atoms with Crippen LogP contribution in [0.1, 0.15) is 21.7 Å². The van der Waals surface area contributed by atoms with Crippen molar-refractivity contribution in [1.29, 1.82) is 0 Å². The van der Waals surface area contributed by atoms with E-state index in [0.29, 0.717) is 23.9 Å². The van der Waals surface area contributed by atoms with Crippen LogP contribution in [-0.2, 0) is 17.6 Å². The third-order valence-electron chi connectivity index (χ3n) is 3.76. The van der Waals surface area contributed by atoms with E-state index in [2.05, 4.69) is 0 Å². The Morgan fingerprint density at radius 1 is 1.17 bits per heavy atom. The normalized spacial score (nSPS) is 14.0. The van der Waals surface area contributed by atoms with Gasteiger partial charge in [0.05, 0.1) is 31.4 Å². The third kappa shape index (κ3) is 3.70. The summed E-state index contributed by atoms with van der Waals surface area (Å²) in [5.74, 6) is -0.435. The fraction of sp³-hybridized carbons (Fsp3) is 0.438. The summed E-state index contributed by atoms with van der Waals surface area (Å²) < 4.78 is 6.73. The predicted molar refractivity (Wildman–Crippen MR) is 86.3 cm³/mol. The van der Waals surface area contributed by atoms with Crippen LogP contribution in [-0.4, -0.2) is 53.0 Å². The van der Waals surface area contributed by atoms with Crippen LogP contribution in [0.25, 0.3) is 5.52 Å². The monoisotopic (exact) mass is 321 g/mol. The predicted octanol–water partition coefficient (Wildman–Crippen LogP) is -0.550. The van der Waals surface area contributed by atoms with Gasteiger partial charge in [-0.3, -0.25) is 0 Å². The molecule has 23 heavy (non-hydrogen) atoms. The molecule has 126 valence electrons. The number of nitrogens with zero attached hydrogens (tertiary/aromatic N) is 1. The number of rotatable bonds is 7. The first-order valence-corrected chi connectivity index (χ1v) is 7.45. The second kappa shape index (κ2) is 7.56. The van der Waals surface area contributed by atoms with Gasteiger partial charge in [0, 0.05) is 36.3 Å². The highest BCUT2D eigenvalue weighted by Crippen LogP contribution is 2.22. The number of ether oxygens (including phenoxy) is 1. The van der Waals surface area contributed by atoms with E-state index in [1.807, 2.05) is 22.6 Å². The van der Waals surface area contributed by atoms with Gasteiger partial charge in [-0.1, -0.05) is 6.07 Å². The third-order valence-corrected chi connectivity index (χ3v) is 3.76. The molecule has 7 nitrogen and oxygen atoms in total. The number of esters is 1. The zero-order valence-electron chi connectivity index (χ0n) is 13.1. The van der Waals surface area contributed by atoms with Gasteiger partial charge < -0.3 is 30.8 Å². The van der Waals surface area contributed by atoms with Gasteiger partial charge >= 0.3 is 5.97 Å². The van der Waals surface area contributed by atoms with Crippen molar-refractivity contribution in [2.75, 3.05) is 20.3 Å². The lowest BCUT2D eigenvalue weighted by Gasteiger charge is -2.15. The number of methoxy groups -OCH3 is 1. The van der Waals surface area contributed by atoms with E-state index in [-0.39, 0.29) is 13.2 Å². The van der Waals surface area contributed by atoms with E-state index >= 15 is 0 Å². The molecule has 0 fully saturated rings. The molecule has 0 radical (unpaired) electrons. The van der Waals surface area contributed by atoms with Crippen LogP contribution in [0.4, 0.5) is 0 Å². The Bertz CT molecular complexity index is 683. The standard InChI is InChI=1S/C16H23N3O4/c1-23-16(22)14-7-13(6-11(18)9-21)19-12(5-10(17)8-20)3-2-4-15(14)19/h2-4,7,10-11,20-21H,5-6,8-9,17-18H2,1H3. The zero-order valence-corrected chi connectivity index (χ0v) is 13.1. The molecule has 0 aliphatic rings. The first-order chi connectivity index (χ1) is 11.0. The van der Waals surface area contributed by atoms with E-state index in [1.54, 1.807) is 6.07 Å². The molecular formula is C16H23N3O4. The van der Waals surface area contributed by atoms with E-state index < -0.39 is 18.1 Å². The van der Waals surface area contributed by atoms with Crippen molar-refractivity contribution in [2.45, 2.75) is 24.9 Å². The van der Waals surface area contributed by atoms with Gasteiger partial charge in [0.15, 0.2) is 0 Å². The van der Waals surface area contributed by atoms with Crippen LogP contribution < -0.4 is 11.5 Å². The molecule has 2 heterocycles. The van der Waals surface area contributed by atoms with Crippen molar-refractivity contribution in [3.8, 4) is 0 Å². The van der Waals surface area contributed by atoms with Gasteiger partial charge in [-0.15, -0.1) is 0 Å². The first-order valence-electron chi connectivity index (χ1n) is 7.45. The van der Waals surface area contributed by atoms with Gasteiger partial charge in [-0.2, -0.15) is 0 Å². The molecular weight excluding hydrogens is 298 g/mol. The Morgan fingerprint density at radius 2 is 1.78 bits per heavy atom. The molecule has 0 spiro atoms. The highest BCUT2D eigenvalue weighted by atomic mass is 16.5. The lowest BCUT2D eigenvalue weighted by Crippen LogP contribution is -2.29. The van der Waals surface area contributed by atoms with Crippen LogP contribution in [0, 0.1) is 0 Å². The molecule has 0 saturated heterocycles. The van der Waals surface area contributed by atoms with Crippen LogP contribution in [0.2, 0.25) is 0 Å². The van der Waals surface area contributed by atoms with E-state index in [4.69, 9.17) is 16.2 Å². The number of aliphatic hydroxyl groups excluding tert-OH is 2. The van der Waals surface area contributed by atoms with Crippen LogP contribution in [0.5, 0.6) is 0 Å². The highest BCUT2D eigenvalue weighted by Gasteiger charge is 2.19. The number of hydrogen-bond acceptors (Lipinski definition) is 6. The number of carbonyl (C=O) groups excluding carboxylic acids is 1. The molecule has 2 unspecified atom stereocenters. The Balaban J connectivity index is 2.59. The molecule has 2 atom stereocenters. The van der Waals surface area contributed by atoms with Gasteiger partial charge in [0.1, 0.15) is 0 Å². The molecule has 6 N–H and O–H groups in total. The van der Waals surface area contributed by atoms with Crippen LogP contribution in [0.3, 0.4) is 0 Å². The molecule has 0 saturated carbocycles. The molecule has 0 amide bonds. The van der Waals surface area contributed by atoms with Gasteiger partial charge in [-0.25, -0.2) is 4.79 Å². The Morgan fingerprint density at radius 3 is 2.35 bits per heavy atom. The van der Waals surface area contributed by atoms with Crippen LogP contribution in [0.15, 0.2) is 24.3 Å². The summed E-state index contributed by atoms with van der Waals surface area (Å²) in [6.45, 7) is -0.286. The lowest BCUT2D eigenvalue weighted by molar-refractivity contribution is 0.0603. The summed E-state index contributed by atoms with van der Waals surface area (Å²) in [6.07, 6.45) is 0.852. The molecule has 2 rings (SSSR count). The number of pyridine rings is 1. The van der Waals surface area contributed by atoms with Crippen molar-refractivity contribution in [3.63, 3.8) is 0 Å². The zero-order chi connectivity index (χ0) is 17.0. The Labute approximate surface area is 134 Å². The fourth-order valence-electron chi connectivity index (χ4n) is 2.66. The number of carbonyl (C=O) groups is 1. The first kappa shape index (κ1) is 17.4. The highest BCUT2D eigenvalue weighted by molar-refractivity contribution is 5.97. The summed E-state index contributed by atoms with van der Waals surface area (Å²) in [6, 6.07) is 6.43. The fourth-order valence-corrected chi connectivity index (χ4v) is 2.66. The number of nitrogens with two attached hydrogens (primary N) is 2. The second-order valence-corrected chi connectivity index (χ2v) is 5.57. The second-order valence-electron chi connectivity index (χ2n) is 5.57. The van der Waals surface area contributed by atoms with Gasteiger partial charge in [0.25, 0.3) is 0 Å². The summed E-state index contributed by atoms with van der Waals surface area (Å²) in [4.78, 5) is 12.0. The van der Waals surface area contributed by atoms with Gasteiger partial charge in [-0.05, 0) is 18.2 Å². The van der Waals surface area contributed by atoms with Crippen molar-refractivity contribution in [1.82, 2.24) is 4.40 Å². The minimum Gasteiger partial charge on any atom is -0.465 e. The maximum atomic E-state index is 12.0. The van der Waals surface area contributed by atoms with Crippen molar-refractivity contribution >= 4 is 11.5 Å². The smallest absolute Gasteiger partial charge is 0.340 e. The maximum absolute atomic E-state index is 12.0. The van der Waals surface area contributed by atoms with E-state index in [0.717, 1.165) is 11.4 Å². The molecule has 0 aromatic carbocycles. The number of hydrogen-bond donors (Lipinski definition) is 4. The minimum absolute atomic E-state index is 0.132. The van der Waals surface area contributed by atoms with Crippen LogP contribution >= 0.6 is 0 Å². The largest absolute Gasteiger partial charge is 0.465 e. The number of aromatic nitrogens is 1. The van der Waals surface area contributed by atoms with Crippen molar-refractivity contribution in [2.24, 2.45) is 11.5 Å². The summed E-state index contributed by atoms with van der Waals surface area (Å²) in [7, 11) is 1.33. The van der Waals surface area contributed by atoms with E-state index in [9.17, 15) is 15.0 Å². The maximum Gasteiger partial charge on any atom is 0.340 e. The summed E-state index contributed by atoms with van der Waals surface area (Å²) in [5, 5.41) is 18.4. The Kier molecular flexibility index (Phi) is 5.73. The molecule has 0 aliphatic heterocycles. The molecule has 0 aliphatic carbocycles.